The van der Waals surface area contributed by atoms with Crippen LogP contribution in [0, 0.1) is 0 Å². The highest BCUT2D eigenvalue weighted by Gasteiger charge is 2.33. The van der Waals surface area contributed by atoms with E-state index in [0.29, 0.717) is 0 Å². The van der Waals surface area contributed by atoms with Crippen LogP contribution in [-0.2, 0) is 10.2 Å². The van der Waals surface area contributed by atoms with Crippen LogP contribution in [-0.4, -0.2) is 29.9 Å². The Morgan fingerprint density at radius 1 is 1.28 bits per heavy atom. The van der Waals surface area contributed by atoms with Gasteiger partial charge in [-0.2, -0.15) is 0 Å². The summed E-state index contributed by atoms with van der Waals surface area (Å²) in [5.41, 5.74) is 7.22. The molecule has 2 rings (SSSR count). The predicted molar refractivity (Wildman–Crippen MR) is 73.3 cm³/mol. The van der Waals surface area contributed by atoms with E-state index in [1.807, 2.05) is 11.0 Å². The van der Waals surface area contributed by atoms with E-state index in [-0.39, 0.29) is 17.4 Å². The van der Waals surface area contributed by atoms with Crippen molar-refractivity contribution in [3.8, 4) is 0 Å². The highest BCUT2D eigenvalue weighted by Crippen LogP contribution is 2.34. The number of carbonyl (C=O) groups is 1. The molecule has 0 saturated carbocycles. The number of carbonyl (C=O) groups excluding carboxylic acids is 1. The maximum atomic E-state index is 11.8. The highest BCUT2D eigenvalue weighted by molar-refractivity contribution is 5.81. The van der Waals surface area contributed by atoms with Crippen molar-refractivity contribution in [2.45, 2.75) is 38.1 Å². The molecular formula is C15H22N2O. The fourth-order valence-electron chi connectivity index (χ4n) is 2.64. The predicted octanol–water partition coefficient (Wildman–Crippen LogP) is 1.91. The number of rotatable bonds is 2. The van der Waals surface area contributed by atoms with E-state index < -0.39 is 0 Å². The average molecular weight is 246 g/mol. The van der Waals surface area contributed by atoms with Gasteiger partial charge in [-0.15, -0.1) is 0 Å². The van der Waals surface area contributed by atoms with Crippen LogP contribution < -0.4 is 5.73 Å². The van der Waals surface area contributed by atoms with Crippen LogP contribution in [0.1, 0.15) is 32.3 Å². The van der Waals surface area contributed by atoms with Crippen molar-refractivity contribution in [3.63, 3.8) is 0 Å². The normalized spacial score (nSPS) is 20.5. The van der Waals surface area contributed by atoms with Gasteiger partial charge >= 0.3 is 0 Å². The van der Waals surface area contributed by atoms with Gasteiger partial charge in [0.05, 0.1) is 6.04 Å². The molecular weight excluding hydrogens is 224 g/mol. The van der Waals surface area contributed by atoms with Gasteiger partial charge in [0.2, 0.25) is 5.91 Å². The lowest BCUT2D eigenvalue weighted by Crippen LogP contribution is -2.48. The molecule has 1 heterocycles. The second-order valence-corrected chi connectivity index (χ2v) is 5.54. The second-order valence-electron chi connectivity index (χ2n) is 5.54. The first kappa shape index (κ1) is 13.1. The molecule has 1 aliphatic rings. The number of hydrogen-bond donors (Lipinski definition) is 1. The molecule has 3 heteroatoms. The molecule has 98 valence electrons. The van der Waals surface area contributed by atoms with Crippen molar-refractivity contribution in [1.82, 2.24) is 4.90 Å². The summed E-state index contributed by atoms with van der Waals surface area (Å²) in [5, 5.41) is 0. The minimum Gasteiger partial charge on any atom is -0.341 e. The molecule has 1 aliphatic heterocycles. The van der Waals surface area contributed by atoms with E-state index in [4.69, 9.17) is 5.73 Å². The van der Waals surface area contributed by atoms with Crippen LogP contribution in [0.25, 0.3) is 0 Å². The standard InChI is InChI=1S/C15H22N2O/c1-12(16)14(18)17-10-8-15(2,9-11-17)13-6-4-3-5-7-13/h3-7,12H,8-11,16H2,1-2H3. The monoisotopic (exact) mass is 246 g/mol. The Kier molecular flexibility index (Phi) is 3.71. The smallest absolute Gasteiger partial charge is 0.239 e. The molecule has 18 heavy (non-hydrogen) atoms. The van der Waals surface area contributed by atoms with E-state index in [0.717, 1.165) is 25.9 Å². The first-order valence-electron chi connectivity index (χ1n) is 6.63. The Bertz CT molecular complexity index is 406. The van der Waals surface area contributed by atoms with Crippen molar-refractivity contribution >= 4 is 5.91 Å². The molecule has 0 radical (unpaired) electrons. The minimum atomic E-state index is -0.383. The molecule has 2 N–H and O–H groups in total. The van der Waals surface area contributed by atoms with Gasteiger partial charge in [-0.1, -0.05) is 37.3 Å². The van der Waals surface area contributed by atoms with Gasteiger partial charge in [-0.3, -0.25) is 4.79 Å². The Morgan fingerprint density at radius 2 is 1.83 bits per heavy atom. The third-order valence-corrected chi connectivity index (χ3v) is 4.04. The van der Waals surface area contributed by atoms with Crippen molar-refractivity contribution in [2.24, 2.45) is 5.73 Å². The Hall–Kier alpha value is -1.35. The maximum absolute atomic E-state index is 11.8. The summed E-state index contributed by atoms with van der Waals surface area (Å²) in [7, 11) is 0. The number of hydrogen-bond acceptors (Lipinski definition) is 2. The van der Waals surface area contributed by atoms with Crippen molar-refractivity contribution in [1.29, 1.82) is 0 Å². The molecule has 1 atom stereocenters. The van der Waals surface area contributed by atoms with Gasteiger partial charge in [0.25, 0.3) is 0 Å². The Labute approximate surface area is 109 Å². The summed E-state index contributed by atoms with van der Waals surface area (Å²) >= 11 is 0. The van der Waals surface area contributed by atoms with Crippen molar-refractivity contribution < 1.29 is 4.79 Å². The SMILES string of the molecule is CC(N)C(=O)N1CCC(C)(c2ccccc2)CC1. The number of amides is 1. The molecule has 0 bridgehead atoms. The summed E-state index contributed by atoms with van der Waals surface area (Å²) in [6.07, 6.45) is 2.02. The zero-order valence-corrected chi connectivity index (χ0v) is 11.2. The first-order valence-corrected chi connectivity index (χ1v) is 6.63. The van der Waals surface area contributed by atoms with E-state index in [1.54, 1.807) is 6.92 Å². The van der Waals surface area contributed by atoms with Crippen LogP contribution in [0.5, 0.6) is 0 Å². The molecule has 3 nitrogen and oxygen atoms in total. The summed E-state index contributed by atoms with van der Waals surface area (Å²) < 4.78 is 0. The van der Waals surface area contributed by atoms with Crippen LogP contribution in [0.3, 0.4) is 0 Å². The summed E-state index contributed by atoms with van der Waals surface area (Å²) in [5.74, 6) is 0.0742. The molecule has 0 spiro atoms. The lowest BCUT2D eigenvalue weighted by Gasteiger charge is -2.40. The number of benzene rings is 1. The largest absolute Gasteiger partial charge is 0.341 e. The molecule has 1 fully saturated rings. The number of nitrogens with two attached hydrogens (primary N) is 1. The number of nitrogens with zero attached hydrogens (tertiary/aromatic N) is 1. The molecule has 0 aliphatic carbocycles. The van der Waals surface area contributed by atoms with Crippen LogP contribution in [0.4, 0.5) is 0 Å². The van der Waals surface area contributed by atoms with E-state index in [9.17, 15) is 4.79 Å². The molecule has 1 amide bonds. The average Bonchev–Trinajstić information content (AvgIpc) is 2.40. The molecule has 1 aromatic carbocycles. The van der Waals surface area contributed by atoms with E-state index >= 15 is 0 Å². The second kappa shape index (κ2) is 5.11. The topological polar surface area (TPSA) is 46.3 Å². The third kappa shape index (κ3) is 2.56. The molecule has 0 aromatic heterocycles. The zero-order chi connectivity index (χ0) is 13.2. The number of likely N-dealkylation sites (tertiary alicyclic amines) is 1. The van der Waals surface area contributed by atoms with Gasteiger partial charge in [0, 0.05) is 13.1 Å². The van der Waals surface area contributed by atoms with Gasteiger partial charge in [0.15, 0.2) is 0 Å². The fourth-order valence-corrected chi connectivity index (χ4v) is 2.64. The lowest BCUT2D eigenvalue weighted by molar-refractivity contribution is -0.133. The maximum Gasteiger partial charge on any atom is 0.239 e. The third-order valence-electron chi connectivity index (χ3n) is 4.04. The van der Waals surface area contributed by atoms with Crippen molar-refractivity contribution in [3.05, 3.63) is 35.9 Å². The highest BCUT2D eigenvalue weighted by atomic mass is 16.2. The lowest BCUT2D eigenvalue weighted by atomic mass is 9.74. The van der Waals surface area contributed by atoms with E-state index in [2.05, 4.69) is 31.2 Å². The Morgan fingerprint density at radius 3 is 2.33 bits per heavy atom. The van der Waals surface area contributed by atoms with Crippen LogP contribution >= 0.6 is 0 Å². The van der Waals surface area contributed by atoms with Gasteiger partial charge in [0.1, 0.15) is 0 Å². The van der Waals surface area contributed by atoms with E-state index in [1.165, 1.54) is 5.56 Å². The van der Waals surface area contributed by atoms with Crippen molar-refractivity contribution in [2.75, 3.05) is 13.1 Å². The Balaban J connectivity index is 2.04. The summed E-state index contributed by atoms with van der Waals surface area (Å²) in [4.78, 5) is 13.7. The summed E-state index contributed by atoms with van der Waals surface area (Å²) in [6, 6.07) is 10.2. The molecule has 1 unspecified atom stereocenters. The van der Waals surface area contributed by atoms with Gasteiger partial charge in [-0.05, 0) is 30.7 Å². The first-order chi connectivity index (χ1) is 8.53. The minimum absolute atomic E-state index is 0.0742. The number of piperidine rings is 1. The van der Waals surface area contributed by atoms with Crippen LogP contribution in [0.2, 0.25) is 0 Å². The zero-order valence-electron chi connectivity index (χ0n) is 11.2. The summed E-state index contributed by atoms with van der Waals surface area (Å²) in [6.45, 7) is 5.67. The van der Waals surface area contributed by atoms with Gasteiger partial charge in [-0.25, -0.2) is 0 Å². The molecule has 1 aromatic rings. The fraction of sp³-hybridized carbons (Fsp3) is 0.533. The van der Waals surface area contributed by atoms with Gasteiger partial charge < -0.3 is 10.6 Å². The van der Waals surface area contributed by atoms with Crippen LogP contribution in [0.15, 0.2) is 30.3 Å². The molecule has 1 saturated heterocycles. The quantitative estimate of drug-likeness (QED) is 0.866.